The predicted octanol–water partition coefficient (Wildman–Crippen LogP) is 3.54. The average Bonchev–Trinajstić information content (AvgIpc) is 2.76. The lowest BCUT2D eigenvalue weighted by Crippen LogP contribution is -2.00. The van der Waals surface area contributed by atoms with E-state index in [4.69, 9.17) is 17.5 Å². The average molecular weight is 243 g/mol. The van der Waals surface area contributed by atoms with E-state index < -0.39 is 0 Å². The molecular weight excluding hydrogens is 230 g/mol. The molecule has 3 rings (SSSR count). The number of rotatable bonds is 1. The summed E-state index contributed by atoms with van der Waals surface area (Å²) in [5.74, 6) is 0. The molecule has 1 saturated carbocycles. The molecule has 1 aromatic heterocycles. The van der Waals surface area contributed by atoms with Gasteiger partial charge in [0.05, 0.1) is 16.6 Å². The van der Waals surface area contributed by atoms with Crippen LogP contribution in [0.1, 0.15) is 31.9 Å². The van der Waals surface area contributed by atoms with Crippen LogP contribution in [0.5, 0.6) is 0 Å². The molecule has 0 bridgehead atoms. The Labute approximate surface area is 105 Å². The SMILES string of the molecule is CC1(C)CC1n1c(=S)[nH]c2c(C#N)cccc21. The third-order valence-corrected chi connectivity index (χ3v) is 3.95. The molecule has 86 valence electrons. The fraction of sp³-hybridized carbons (Fsp3) is 0.385. The van der Waals surface area contributed by atoms with Gasteiger partial charge < -0.3 is 9.55 Å². The summed E-state index contributed by atoms with van der Waals surface area (Å²) in [6, 6.07) is 8.41. The van der Waals surface area contributed by atoms with Crippen LogP contribution in [0, 0.1) is 21.5 Å². The van der Waals surface area contributed by atoms with Crippen molar-refractivity contribution in [1.29, 1.82) is 5.26 Å². The Balaban J connectivity index is 2.31. The summed E-state index contributed by atoms with van der Waals surface area (Å²) in [5, 5.41) is 9.08. The molecule has 0 amide bonds. The first-order valence-electron chi connectivity index (χ1n) is 5.68. The molecule has 3 nitrogen and oxygen atoms in total. The van der Waals surface area contributed by atoms with Gasteiger partial charge in [-0.05, 0) is 36.2 Å². The van der Waals surface area contributed by atoms with E-state index in [1.165, 1.54) is 0 Å². The maximum absolute atomic E-state index is 9.08. The van der Waals surface area contributed by atoms with Crippen molar-refractivity contribution in [1.82, 2.24) is 9.55 Å². The van der Waals surface area contributed by atoms with Gasteiger partial charge in [-0.3, -0.25) is 0 Å². The summed E-state index contributed by atoms with van der Waals surface area (Å²) >= 11 is 5.38. The van der Waals surface area contributed by atoms with Crippen LogP contribution in [0.2, 0.25) is 0 Å². The number of H-pyrrole nitrogens is 1. The number of aromatic amines is 1. The van der Waals surface area contributed by atoms with Crippen molar-refractivity contribution in [3.05, 3.63) is 28.5 Å². The first-order chi connectivity index (χ1) is 8.04. The molecule has 1 heterocycles. The maximum Gasteiger partial charge on any atom is 0.178 e. The summed E-state index contributed by atoms with van der Waals surface area (Å²) in [6.07, 6.45) is 1.14. The Morgan fingerprint density at radius 3 is 2.82 bits per heavy atom. The monoisotopic (exact) mass is 243 g/mol. The van der Waals surface area contributed by atoms with E-state index in [0.29, 0.717) is 17.0 Å². The minimum absolute atomic E-state index is 0.315. The number of hydrogen-bond donors (Lipinski definition) is 1. The van der Waals surface area contributed by atoms with E-state index in [0.717, 1.165) is 22.2 Å². The fourth-order valence-electron chi connectivity index (χ4n) is 2.43. The fourth-order valence-corrected chi connectivity index (χ4v) is 2.76. The number of imidazole rings is 1. The van der Waals surface area contributed by atoms with Crippen LogP contribution < -0.4 is 0 Å². The molecule has 0 radical (unpaired) electrons. The van der Waals surface area contributed by atoms with Crippen LogP contribution >= 0.6 is 12.2 Å². The number of fused-ring (bicyclic) bond motifs is 1. The number of aromatic nitrogens is 2. The summed E-state index contributed by atoms with van der Waals surface area (Å²) in [4.78, 5) is 3.16. The lowest BCUT2D eigenvalue weighted by atomic mass is 10.1. The molecule has 1 aliphatic carbocycles. The van der Waals surface area contributed by atoms with Gasteiger partial charge in [0.25, 0.3) is 0 Å². The highest BCUT2D eigenvalue weighted by atomic mass is 32.1. The molecule has 1 unspecified atom stereocenters. The highest BCUT2D eigenvalue weighted by molar-refractivity contribution is 7.71. The summed E-state index contributed by atoms with van der Waals surface area (Å²) in [7, 11) is 0. The van der Waals surface area contributed by atoms with Crippen molar-refractivity contribution >= 4 is 23.3 Å². The van der Waals surface area contributed by atoms with Gasteiger partial charge in [-0.1, -0.05) is 19.9 Å². The second-order valence-corrected chi connectivity index (χ2v) is 5.71. The molecule has 1 atom stereocenters. The zero-order valence-electron chi connectivity index (χ0n) is 9.82. The molecule has 1 aromatic carbocycles. The van der Waals surface area contributed by atoms with E-state index in [1.54, 1.807) is 0 Å². The van der Waals surface area contributed by atoms with Crippen LogP contribution in [-0.2, 0) is 0 Å². The molecule has 4 heteroatoms. The van der Waals surface area contributed by atoms with Gasteiger partial charge in [0.1, 0.15) is 6.07 Å². The van der Waals surface area contributed by atoms with Crippen molar-refractivity contribution in [2.45, 2.75) is 26.3 Å². The van der Waals surface area contributed by atoms with Gasteiger partial charge in [-0.25, -0.2) is 0 Å². The predicted molar refractivity (Wildman–Crippen MR) is 69.3 cm³/mol. The largest absolute Gasteiger partial charge is 0.329 e. The van der Waals surface area contributed by atoms with Crippen LogP contribution in [0.4, 0.5) is 0 Å². The molecule has 0 saturated heterocycles. The quantitative estimate of drug-likeness (QED) is 0.778. The number of nitriles is 1. The Bertz CT molecular complexity index is 700. The highest BCUT2D eigenvalue weighted by Gasteiger charge is 2.47. The van der Waals surface area contributed by atoms with Gasteiger partial charge in [-0.2, -0.15) is 5.26 Å². The minimum Gasteiger partial charge on any atom is -0.329 e. The van der Waals surface area contributed by atoms with Gasteiger partial charge >= 0.3 is 0 Å². The van der Waals surface area contributed by atoms with Crippen molar-refractivity contribution in [2.24, 2.45) is 5.41 Å². The Morgan fingerprint density at radius 2 is 2.24 bits per heavy atom. The molecular formula is C13H13N3S. The molecule has 1 aliphatic rings. The van der Waals surface area contributed by atoms with Crippen molar-refractivity contribution in [3.8, 4) is 6.07 Å². The Hall–Kier alpha value is -1.60. The number of benzene rings is 1. The van der Waals surface area contributed by atoms with E-state index in [9.17, 15) is 0 Å². The summed E-state index contributed by atoms with van der Waals surface area (Å²) in [5.41, 5.74) is 2.88. The highest BCUT2D eigenvalue weighted by Crippen LogP contribution is 2.56. The smallest absolute Gasteiger partial charge is 0.178 e. The van der Waals surface area contributed by atoms with Crippen LogP contribution in [0.25, 0.3) is 11.0 Å². The van der Waals surface area contributed by atoms with Gasteiger partial charge in [0.15, 0.2) is 4.77 Å². The first-order valence-corrected chi connectivity index (χ1v) is 6.09. The van der Waals surface area contributed by atoms with Gasteiger partial charge in [-0.15, -0.1) is 0 Å². The molecule has 2 aromatic rings. The first kappa shape index (κ1) is 10.5. The van der Waals surface area contributed by atoms with Crippen molar-refractivity contribution in [3.63, 3.8) is 0 Å². The van der Waals surface area contributed by atoms with Crippen molar-refractivity contribution < 1.29 is 0 Å². The topological polar surface area (TPSA) is 44.5 Å². The van der Waals surface area contributed by atoms with Gasteiger partial charge in [0, 0.05) is 6.04 Å². The van der Waals surface area contributed by atoms with Crippen LogP contribution in [-0.4, -0.2) is 9.55 Å². The zero-order valence-corrected chi connectivity index (χ0v) is 10.6. The molecule has 1 N–H and O–H groups in total. The zero-order chi connectivity index (χ0) is 12.2. The van der Waals surface area contributed by atoms with E-state index in [1.807, 2.05) is 18.2 Å². The molecule has 0 spiro atoms. The third kappa shape index (κ3) is 1.43. The number of para-hydroxylation sites is 1. The van der Waals surface area contributed by atoms with E-state index in [-0.39, 0.29) is 0 Å². The Morgan fingerprint density at radius 1 is 1.53 bits per heavy atom. The summed E-state index contributed by atoms with van der Waals surface area (Å²) < 4.78 is 2.88. The van der Waals surface area contributed by atoms with Crippen molar-refractivity contribution in [2.75, 3.05) is 0 Å². The second-order valence-electron chi connectivity index (χ2n) is 5.32. The molecule has 17 heavy (non-hydrogen) atoms. The maximum atomic E-state index is 9.08. The van der Waals surface area contributed by atoms with E-state index >= 15 is 0 Å². The Kier molecular flexibility index (Phi) is 1.99. The normalized spacial score (nSPS) is 21.4. The second kappa shape index (κ2) is 3.21. The van der Waals surface area contributed by atoms with Crippen LogP contribution in [0.15, 0.2) is 18.2 Å². The number of hydrogen-bond acceptors (Lipinski definition) is 2. The van der Waals surface area contributed by atoms with E-state index in [2.05, 4.69) is 29.5 Å². The summed E-state index contributed by atoms with van der Waals surface area (Å²) in [6.45, 7) is 4.48. The number of nitrogens with one attached hydrogen (secondary N) is 1. The lowest BCUT2D eigenvalue weighted by Gasteiger charge is -2.06. The molecule has 1 fully saturated rings. The number of nitrogens with zero attached hydrogens (tertiary/aromatic N) is 2. The third-order valence-electron chi connectivity index (χ3n) is 3.65. The standard InChI is InChI=1S/C13H13N3S/c1-13(2)6-10(13)16-9-5-3-4-8(7-14)11(9)15-12(16)17/h3-5,10H,6H2,1-2H3,(H,15,17). The molecule has 0 aliphatic heterocycles. The lowest BCUT2D eigenvalue weighted by molar-refractivity contribution is 0.546. The van der Waals surface area contributed by atoms with Gasteiger partial charge in [0.2, 0.25) is 0 Å². The van der Waals surface area contributed by atoms with Crippen LogP contribution in [0.3, 0.4) is 0 Å². The minimum atomic E-state index is 0.315.